The third kappa shape index (κ3) is 2.82. The molecule has 0 radical (unpaired) electrons. The van der Waals surface area contributed by atoms with Crippen molar-refractivity contribution in [3.8, 4) is 0 Å². The molecule has 1 N–H and O–H groups in total. The molecular weight excluding hydrogens is 216 g/mol. The predicted octanol–water partition coefficient (Wildman–Crippen LogP) is 3.08. The number of carbonyl (C=O) groups is 1. The summed E-state index contributed by atoms with van der Waals surface area (Å²) < 4.78 is 5.87. The first-order valence-corrected chi connectivity index (χ1v) is 6.89. The highest BCUT2D eigenvalue weighted by Crippen LogP contribution is 2.46. The Balaban J connectivity index is 2.00. The van der Waals surface area contributed by atoms with Gasteiger partial charge in [-0.25, -0.2) is 0 Å². The third-order valence-corrected chi connectivity index (χ3v) is 4.41. The molecule has 0 aromatic carbocycles. The molecule has 0 aromatic rings. The summed E-state index contributed by atoms with van der Waals surface area (Å²) in [4.78, 5) is 11.4. The quantitative estimate of drug-likeness (QED) is 0.821. The van der Waals surface area contributed by atoms with E-state index in [1.54, 1.807) is 0 Å². The van der Waals surface area contributed by atoms with Gasteiger partial charge in [-0.3, -0.25) is 4.79 Å². The maximum atomic E-state index is 11.4. The number of hydrogen-bond acceptors (Lipinski definition) is 2. The van der Waals surface area contributed by atoms with Gasteiger partial charge in [-0.1, -0.05) is 13.8 Å². The number of aliphatic carboxylic acids is 1. The summed E-state index contributed by atoms with van der Waals surface area (Å²) >= 11 is 0. The molecule has 0 amide bonds. The fourth-order valence-electron chi connectivity index (χ4n) is 3.33. The van der Waals surface area contributed by atoms with E-state index in [0.29, 0.717) is 11.8 Å². The van der Waals surface area contributed by atoms with Crippen molar-refractivity contribution in [1.29, 1.82) is 0 Å². The Morgan fingerprint density at radius 1 is 1.47 bits per heavy atom. The first-order valence-electron chi connectivity index (χ1n) is 6.89. The molecule has 2 atom stereocenters. The molecule has 3 heteroatoms. The molecule has 2 unspecified atom stereocenters. The predicted molar refractivity (Wildman–Crippen MR) is 65.8 cm³/mol. The zero-order valence-corrected chi connectivity index (χ0v) is 10.9. The Labute approximate surface area is 104 Å². The van der Waals surface area contributed by atoms with Crippen LogP contribution in [0.4, 0.5) is 0 Å². The van der Waals surface area contributed by atoms with Gasteiger partial charge in [0.2, 0.25) is 0 Å². The van der Waals surface area contributed by atoms with Gasteiger partial charge in [0.05, 0.1) is 11.5 Å². The third-order valence-electron chi connectivity index (χ3n) is 4.41. The van der Waals surface area contributed by atoms with Crippen molar-refractivity contribution in [1.82, 2.24) is 0 Å². The van der Waals surface area contributed by atoms with Crippen LogP contribution in [0.1, 0.15) is 52.4 Å². The van der Waals surface area contributed by atoms with Gasteiger partial charge in [0.25, 0.3) is 0 Å². The lowest BCUT2D eigenvalue weighted by atomic mass is 9.68. The van der Waals surface area contributed by atoms with Crippen LogP contribution in [-0.2, 0) is 9.53 Å². The lowest BCUT2D eigenvalue weighted by Gasteiger charge is -2.48. The summed E-state index contributed by atoms with van der Waals surface area (Å²) in [5.74, 6) is -0.00307. The van der Waals surface area contributed by atoms with Gasteiger partial charge >= 0.3 is 5.97 Å². The second kappa shape index (κ2) is 4.97. The van der Waals surface area contributed by atoms with Crippen LogP contribution in [0.15, 0.2) is 0 Å². The summed E-state index contributed by atoms with van der Waals surface area (Å²) in [5, 5.41) is 9.39. The van der Waals surface area contributed by atoms with Crippen LogP contribution in [-0.4, -0.2) is 23.3 Å². The van der Waals surface area contributed by atoms with E-state index >= 15 is 0 Å². The van der Waals surface area contributed by atoms with E-state index in [2.05, 4.69) is 13.8 Å². The molecule has 1 aliphatic heterocycles. The zero-order valence-electron chi connectivity index (χ0n) is 10.9. The van der Waals surface area contributed by atoms with Crippen LogP contribution in [0, 0.1) is 17.8 Å². The van der Waals surface area contributed by atoms with Gasteiger partial charge in [-0.2, -0.15) is 0 Å². The summed E-state index contributed by atoms with van der Waals surface area (Å²) in [6.45, 7) is 4.97. The largest absolute Gasteiger partial charge is 0.481 e. The molecule has 1 saturated carbocycles. The molecule has 3 nitrogen and oxygen atoms in total. The number of ether oxygens (including phenoxy) is 1. The van der Waals surface area contributed by atoms with E-state index in [1.807, 2.05) is 0 Å². The van der Waals surface area contributed by atoms with Crippen LogP contribution in [0.5, 0.6) is 0 Å². The Morgan fingerprint density at radius 3 is 2.65 bits per heavy atom. The SMILES string of the molecule is CC(C)CC(C(=O)O)C1CCOC2(CCC2)C1. The van der Waals surface area contributed by atoms with Crippen LogP contribution in [0.3, 0.4) is 0 Å². The fraction of sp³-hybridized carbons (Fsp3) is 0.929. The normalized spacial score (nSPS) is 29.0. The zero-order chi connectivity index (χ0) is 12.5. The number of hydrogen-bond donors (Lipinski definition) is 1. The standard InChI is InChI=1S/C14H24O3/c1-10(2)8-12(13(15)16)11-4-7-17-14(9-11)5-3-6-14/h10-12H,3-9H2,1-2H3,(H,15,16). The average Bonchev–Trinajstić information content (AvgIpc) is 2.23. The maximum absolute atomic E-state index is 11.4. The lowest BCUT2D eigenvalue weighted by Crippen LogP contribution is -2.47. The number of rotatable bonds is 4. The van der Waals surface area contributed by atoms with E-state index in [1.165, 1.54) is 6.42 Å². The molecule has 1 saturated heterocycles. The van der Waals surface area contributed by atoms with E-state index in [4.69, 9.17) is 4.74 Å². The minimum absolute atomic E-state index is 0.0631. The highest BCUT2D eigenvalue weighted by molar-refractivity contribution is 5.70. The lowest BCUT2D eigenvalue weighted by molar-refractivity contribution is -0.163. The van der Waals surface area contributed by atoms with E-state index in [9.17, 15) is 9.90 Å². The van der Waals surface area contributed by atoms with Crippen molar-refractivity contribution < 1.29 is 14.6 Å². The molecule has 0 aromatic heterocycles. The monoisotopic (exact) mass is 240 g/mol. The highest BCUT2D eigenvalue weighted by Gasteiger charge is 2.45. The fourth-order valence-corrected chi connectivity index (χ4v) is 3.33. The molecule has 2 rings (SSSR count). The Morgan fingerprint density at radius 2 is 2.18 bits per heavy atom. The van der Waals surface area contributed by atoms with Crippen LogP contribution >= 0.6 is 0 Å². The Bertz CT molecular complexity index is 281. The number of carboxylic acids is 1. The molecule has 2 aliphatic rings. The van der Waals surface area contributed by atoms with Crippen molar-refractivity contribution in [3.63, 3.8) is 0 Å². The van der Waals surface area contributed by atoms with E-state index < -0.39 is 5.97 Å². The Kier molecular flexibility index (Phi) is 3.76. The summed E-state index contributed by atoms with van der Waals surface area (Å²) in [6, 6.07) is 0. The molecule has 1 spiro atoms. The second-order valence-electron chi connectivity index (χ2n) is 6.21. The van der Waals surface area contributed by atoms with Gasteiger partial charge in [0.1, 0.15) is 0 Å². The topological polar surface area (TPSA) is 46.5 Å². The first kappa shape index (κ1) is 12.9. The Hall–Kier alpha value is -0.570. The molecule has 17 heavy (non-hydrogen) atoms. The van der Waals surface area contributed by atoms with Gasteiger partial charge in [-0.05, 0) is 50.4 Å². The second-order valence-corrected chi connectivity index (χ2v) is 6.21. The van der Waals surface area contributed by atoms with E-state index in [0.717, 1.165) is 38.7 Å². The first-order chi connectivity index (χ1) is 8.02. The van der Waals surface area contributed by atoms with Gasteiger partial charge < -0.3 is 9.84 Å². The van der Waals surface area contributed by atoms with Gasteiger partial charge in [0, 0.05) is 6.61 Å². The van der Waals surface area contributed by atoms with Crippen molar-refractivity contribution in [3.05, 3.63) is 0 Å². The summed E-state index contributed by atoms with van der Waals surface area (Å²) in [7, 11) is 0. The highest BCUT2D eigenvalue weighted by atomic mass is 16.5. The van der Waals surface area contributed by atoms with Crippen LogP contribution in [0.25, 0.3) is 0 Å². The molecular formula is C14H24O3. The summed E-state index contributed by atoms with van der Waals surface area (Å²) in [6.07, 6.45) is 6.21. The van der Waals surface area contributed by atoms with Crippen molar-refractivity contribution in [2.75, 3.05) is 6.61 Å². The summed E-state index contributed by atoms with van der Waals surface area (Å²) in [5.41, 5.74) is 0.0631. The van der Waals surface area contributed by atoms with E-state index in [-0.39, 0.29) is 11.5 Å². The molecule has 1 heterocycles. The number of carboxylic acid groups (broad SMARTS) is 1. The van der Waals surface area contributed by atoms with Crippen LogP contribution in [0.2, 0.25) is 0 Å². The molecule has 98 valence electrons. The maximum Gasteiger partial charge on any atom is 0.306 e. The van der Waals surface area contributed by atoms with Crippen molar-refractivity contribution >= 4 is 5.97 Å². The molecule has 1 aliphatic carbocycles. The van der Waals surface area contributed by atoms with Gasteiger partial charge in [0.15, 0.2) is 0 Å². The average molecular weight is 240 g/mol. The van der Waals surface area contributed by atoms with Crippen molar-refractivity contribution in [2.45, 2.75) is 58.0 Å². The molecule has 2 fully saturated rings. The molecule has 0 bridgehead atoms. The smallest absolute Gasteiger partial charge is 0.306 e. The van der Waals surface area contributed by atoms with Gasteiger partial charge in [-0.15, -0.1) is 0 Å². The minimum Gasteiger partial charge on any atom is -0.481 e. The minimum atomic E-state index is -0.611. The van der Waals surface area contributed by atoms with Crippen molar-refractivity contribution in [2.24, 2.45) is 17.8 Å². The van der Waals surface area contributed by atoms with Crippen LogP contribution < -0.4 is 0 Å².